The summed E-state index contributed by atoms with van der Waals surface area (Å²) in [4.78, 5) is 23.4. The van der Waals surface area contributed by atoms with E-state index < -0.39 is 0 Å². The molecule has 0 bridgehead atoms. The number of hydrogen-bond donors (Lipinski definition) is 3. The largest absolute Gasteiger partial charge is 0.397 e. The van der Waals surface area contributed by atoms with Crippen LogP contribution in [-0.2, 0) is 11.3 Å². The lowest BCUT2D eigenvalue weighted by atomic mass is 9.85. The number of aryl methyl sites for hydroxylation is 1. The van der Waals surface area contributed by atoms with Gasteiger partial charge in [0.2, 0.25) is 5.91 Å². The molecule has 1 heterocycles. The van der Waals surface area contributed by atoms with Crippen LogP contribution in [-0.4, -0.2) is 22.4 Å². The second kappa shape index (κ2) is 5.98. The van der Waals surface area contributed by atoms with E-state index in [1.54, 1.807) is 12.3 Å². The van der Waals surface area contributed by atoms with Crippen molar-refractivity contribution in [3.8, 4) is 0 Å². The summed E-state index contributed by atoms with van der Waals surface area (Å²) in [5.74, 6) is -0.383. The molecule has 0 unspecified atom stereocenters. The Labute approximate surface area is 118 Å². The van der Waals surface area contributed by atoms with E-state index in [0.717, 1.165) is 25.7 Å². The highest BCUT2D eigenvalue weighted by molar-refractivity contribution is 5.94. The van der Waals surface area contributed by atoms with Gasteiger partial charge in [-0.2, -0.15) is 0 Å². The van der Waals surface area contributed by atoms with Gasteiger partial charge in [0, 0.05) is 24.7 Å². The molecular formula is C14H22N4O2. The Hall–Kier alpha value is -1.98. The number of aromatic nitrogens is 1. The van der Waals surface area contributed by atoms with Gasteiger partial charge in [-0.3, -0.25) is 9.59 Å². The lowest BCUT2D eigenvalue weighted by Crippen LogP contribution is -2.40. The second-order valence-electron chi connectivity index (χ2n) is 5.37. The summed E-state index contributed by atoms with van der Waals surface area (Å²) in [6.07, 6.45) is 4.84. The van der Waals surface area contributed by atoms with Crippen molar-refractivity contribution in [3.05, 3.63) is 18.0 Å². The first kappa shape index (κ1) is 14.4. The third-order valence-corrected chi connectivity index (χ3v) is 3.96. The number of hydrogen-bond acceptors (Lipinski definition) is 3. The smallest absolute Gasteiger partial charge is 0.268 e. The van der Waals surface area contributed by atoms with Crippen LogP contribution in [0.4, 0.5) is 5.69 Å². The maximum Gasteiger partial charge on any atom is 0.268 e. The standard InChI is InChI=1S/C14H22N4O2/c1-2-18-8-10(15)7-12(18)14(20)17-11-5-3-9(4-6-11)13(16)19/h7-9,11H,2-6,15H2,1H3,(H2,16,19)(H,17,20). The summed E-state index contributed by atoms with van der Waals surface area (Å²) in [6, 6.07) is 1.80. The maximum absolute atomic E-state index is 12.2. The van der Waals surface area contributed by atoms with Crippen LogP contribution in [0.1, 0.15) is 43.1 Å². The SMILES string of the molecule is CCn1cc(N)cc1C(=O)NC1CCC(C(N)=O)CC1. The molecule has 0 aromatic carbocycles. The van der Waals surface area contributed by atoms with E-state index in [0.29, 0.717) is 17.9 Å². The van der Waals surface area contributed by atoms with Crippen molar-refractivity contribution in [2.75, 3.05) is 5.73 Å². The molecule has 6 nitrogen and oxygen atoms in total. The van der Waals surface area contributed by atoms with Crippen LogP contribution in [0.3, 0.4) is 0 Å². The summed E-state index contributed by atoms with van der Waals surface area (Å²) in [6.45, 7) is 2.67. The summed E-state index contributed by atoms with van der Waals surface area (Å²) >= 11 is 0. The molecule has 1 aromatic heterocycles. The number of rotatable bonds is 4. The van der Waals surface area contributed by atoms with Gasteiger partial charge in [-0.15, -0.1) is 0 Å². The number of nitrogens with one attached hydrogen (secondary N) is 1. The Morgan fingerprint density at radius 3 is 2.55 bits per heavy atom. The first-order chi connectivity index (χ1) is 9.51. The molecule has 1 aliphatic carbocycles. The average Bonchev–Trinajstić information content (AvgIpc) is 2.80. The predicted octanol–water partition coefficient (Wildman–Crippen LogP) is 0.864. The fraction of sp³-hybridized carbons (Fsp3) is 0.571. The Morgan fingerprint density at radius 1 is 1.35 bits per heavy atom. The zero-order valence-electron chi connectivity index (χ0n) is 11.8. The maximum atomic E-state index is 12.2. The third-order valence-electron chi connectivity index (χ3n) is 3.96. The van der Waals surface area contributed by atoms with E-state index in [1.165, 1.54) is 0 Å². The molecule has 6 heteroatoms. The van der Waals surface area contributed by atoms with Gasteiger partial charge >= 0.3 is 0 Å². The Morgan fingerprint density at radius 2 is 2.00 bits per heavy atom. The van der Waals surface area contributed by atoms with Crippen molar-refractivity contribution < 1.29 is 9.59 Å². The van der Waals surface area contributed by atoms with Gasteiger partial charge in [0.25, 0.3) is 5.91 Å². The number of nitrogen functional groups attached to an aromatic ring is 1. The van der Waals surface area contributed by atoms with Gasteiger partial charge in [0.1, 0.15) is 5.69 Å². The Balaban J connectivity index is 1.94. The third kappa shape index (κ3) is 3.12. The predicted molar refractivity (Wildman–Crippen MR) is 76.9 cm³/mol. The van der Waals surface area contributed by atoms with Crippen LogP contribution >= 0.6 is 0 Å². The van der Waals surface area contributed by atoms with E-state index in [9.17, 15) is 9.59 Å². The average molecular weight is 278 g/mol. The zero-order chi connectivity index (χ0) is 14.7. The molecule has 0 saturated heterocycles. The number of carbonyl (C=O) groups is 2. The molecule has 1 aromatic rings. The van der Waals surface area contributed by atoms with Crippen LogP contribution in [0.2, 0.25) is 0 Å². The minimum atomic E-state index is -0.234. The molecule has 5 N–H and O–H groups in total. The second-order valence-corrected chi connectivity index (χ2v) is 5.37. The van der Waals surface area contributed by atoms with E-state index in [2.05, 4.69) is 5.32 Å². The van der Waals surface area contributed by atoms with Crippen LogP contribution in [0.25, 0.3) is 0 Å². The summed E-state index contributed by atoms with van der Waals surface area (Å²) in [7, 11) is 0. The minimum Gasteiger partial charge on any atom is -0.397 e. The molecule has 0 spiro atoms. The number of nitrogens with two attached hydrogens (primary N) is 2. The molecule has 20 heavy (non-hydrogen) atoms. The van der Waals surface area contributed by atoms with Crippen LogP contribution in [0, 0.1) is 5.92 Å². The quantitative estimate of drug-likeness (QED) is 0.761. The highest BCUT2D eigenvalue weighted by Crippen LogP contribution is 2.24. The van der Waals surface area contributed by atoms with E-state index in [4.69, 9.17) is 11.5 Å². The topological polar surface area (TPSA) is 103 Å². The molecular weight excluding hydrogens is 256 g/mol. The molecule has 0 aliphatic heterocycles. The first-order valence-corrected chi connectivity index (χ1v) is 7.07. The molecule has 0 radical (unpaired) electrons. The van der Waals surface area contributed by atoms with Crippen LogP contribution in [0.5, 0.6) is 0 Å². The van der Waals surface area contributed by atoms with E-state index >= 15 is 0 Å². The fourth-order valence-corrected chi connectivity index (χ4v) is 2.77. The van der Waals surface area contributed by atoms with Gasteiger partial charge in [-0.25, -0.2) is 0 Å². The molecule has 2 rings (SSSR count). The number of primary amides is 1. The number of anilines is 1. The molecule has 1 saturated carbocycles. The minimum absolute atomic E-state index is 0.0432. The van der Waals surface area contributed by atoms with Crippen molar-refractivity contribution in [1.29, 1.82) is 0 Å². The summed E-state index contributed by atoms with van der Waals surface area (Å²) < 4.78 is 1.83. The first-order valence-electron chi connectivity index (χ1n) is 7.07. The van der Waals surface area contributed by atoms with Gasteiger partial charge in [0.15, 0.2) is 0 Å². The van der Waals surface area contributed by atoms with Gasteiger partial charge in [-0.05, 0) is 38.7 Å². The summed E-state index contributed by atoms with van der Waals surface area (Å²) in [5.41, 5.74) is 12.2. The van der Waals surface area contributed by atoms with E-state index in [-0.39, 0.29) is 23.8 Å². The van der Waals surface area contributed by atoms with Crippen molar-refractivity contribution in [3.63, 3.8) is 0 Å². The van der Waals surface area contributed by atoms with Crippen molar-refractivity contribution in [1.82, 2.24) is 9.88 Å². The fourth-order valence-electron chi connectivity index (χ4n) is 2.77. The Kier molecular flexibility index (Phi) is 4.32. The molecule has 0 atom stereocenters. The highest BCUT2D eigenvalue weighted by Gasteiger charge is 2.26. The number of nitrogens with zero attached hydrogens (tertiary/aromatic N) is 1. The van der Waals surface area contributed by atoms with Gasteiger partial charge in [0.05, 0.1) is 5.69 Å². The zero-order valence-corrected chi connectivity index (χ0v) is 11.8. The van der Waals surface area contributed by atoms with Gasteiger partial charge < -0.3 is 21.4 Å². The van der Waals surface area contributed by atoms with Crippen molar-refractivity contribution in [2.24, 2.45) is 11.7 Å². The normalized spacial score (nSPS) is 22.4. The Bertz CT molecular complexity index is 501. The van der Waals surface area contributed by atoms with Crippen LogP contribution in [0.15, 0.2) is 12.3 Å². The molecule has 2 amide bonds. The molecule has 1 fully saturated rings. The number of amides is 2. The van der Waals surface area contributed by atoms with Crippen molar-refractivity contribution in [2.45, 2.75) is 45.2 Å². The van der Waals surface area contributed by atoms with Crippen LogP contribution < -0.4 is 16.8 Å². The summed E-state index contributed by atoms with van der Waals surface area (Å²) in [5, 5.41) is 3.02. The number of carbonyl (C=O) groups excluding carboxylic acids is 2. The highest BCUT2D eigenvalue weighted by atomic mass is 16.2. The van der Waals surface area contributed by atoms with Crippen molar-refractivity contribution >= 4 is 17.5 Å². The lowest BCUT2D eigenvalue weighted by Gasteiger charge is -2.27. The molecule has 1 aliphatic rings. The molecule has 110 valence electrons. The van der Waals surface area contributed by atoms with E-state index in [1.807, 2.05) is 11.5 Å². The lowest BCUT2D eigenvalue weighted by molar-refractivity contribution is -0.122. The monoisotopic (exact) mass is 278 g/mol. The van der Waals surface area contributed by atoms with Gasteiger partial charge in [-0.1, -0.05) is 0 Å².